The lowest BCUT2D eigenvalue weighted by Gasteiger charge is -2.07. The van der Waals surface area contributed by atoms with Gasteiger partial charge in [0.25, 0.3) is 5.91 Å². The molecule has 1 N–H and O–H groups in total. The predicted octanol–water partition coefficient (Wildman–Crippen LogP) is 1.93. The summed E-state index contributed by atoms with van der Waals surface area (Å²) in [5.41, 5.74) is 2.74. The summed E-state index contributed by atoms with van der Waals surface area (Å²) in [5.74, 6) is 1.08. The van der Waals surface area contributed by atoms with E-state index in [0.29, 0.717) is 5.82 Å². The molecule has 0 spiro atoms. The first-order valence-electron chi connectivity index (χ1n) is 6.75. The molecular formula is C15H17N3O2. The van der Waals surface area contributed by atoms with Gasteiger partial charge in [0, 0.05) is 19.3 Å². The Bertz CT molecular complexity index is 634. The molecule has 1 heterocycles. The van der Waals surface area contributed by atoms with E-state index in [4.69, 9.17) is 4.74 Å². The third kappa shape index (κ3) is 2.82. The van der Waals surface area contributed by atoms with Gasteiger partial charge in [0.05, 0.1) is 0 Å². The summed E-state index contributed by atoms with van der Waals surface area (Å²) in [5, 5.41) is 6.77. The third-order valence-corrected chi connectivity index (χ3v) is 3.42. The van der Waals surface area contributed by atoms with Crippen LogP contribution < -0.4 is 10.1 Å². The summed E-state index contributed by atoms with van der Waals surface area (Å²) < 4.78 is 7.16. The van der Waals surface area contributed by atoms with Gasteiger partial charge in [-0.1, -0.05) is 6.07 Å². The van der Waals surface area contributed by atoms with Gasteiger partial charge in [-0.05, 0) is 42.5 Å². The molecule has 0 unspecified atom stereocenters. The Hall–Kier alpha value is -2.30. The van der Waals surface area contributed by atoms with Crippen LogP contribution >= 0.6 is 0 Å². The standard InChI is InChI=1S/C15H17N3O2/c1-18-8-7-14(17-18)16-15(19)10-20-13-6-5-11-3-2-4-12(11)9-13/h5-9H,2-4,10H2,1H3,(H,16,17,19). The van der Waals surface area contributed by atoms with Gasteiger partial charge in [0.2, 0.25) is 0 Å². The maximum atomic E-state index is 11.7. The molecule has 0 fully saturated rings. The normalized spacial score (nSPS) is 13.1. The molecule has 0 aliphatic heterocycles. The predicted molar refractivity (Wildman–Crippen MR) is 75.8 cm³/mol. The Morgan fingerprint density at radius 1 is 1.35 bits per heavy atom. The van der Waals surface area contributed by atoms with Crippen molar-refractivity contribution in [3.8, 4) is 5.75 Å². The number of nitrogens with zero attached hydrogens (tertiary/aromatic N) is 2. The summed E-state index contributed by atoms with van der Waals surface area (Å²) in [6.45, 7) is -0.00460. The summed E-state index contributed by atoms with van der Waals surface area (Å²) in [6, 6.07) is 7.80. The zero-order chi connectivity index (χ0) is 13.9. The number of aryl methyl sites for hydroxylation is 3. The van der Waals surface area contributed by atoms with Gasteiger partial charge in [0.15, 0.2) is 12.4 Å². The van der Waals surface area contributed by atoms with Gasteiger partial charge >= 0.3 is 0 Å². The smallest absolute Gasteiger partial charge is 0.263 e. The Morgan fingerprint density at radius 3 is 3.00 bits per heavy atom. The number of fused-ring (bicyclic) bond motifs is 1. The number of aromatic nitrogens is 2. The van der Waals surface area contributed by atoms with Crippen LogP contribution in [-0.2, 0) is 24.7 Å². The van der Waals surface area contributed by atoms with E-state index in [9.17, 15) is 4.79 Å². The molecule has 0 bridgehead atoms. The SMILES string of the molecule is Cn1ccc(NC(=O)COc2ccc3c(c2)CCC3)n1. The minimum absolute atomic E-state index is 0.00460. The van der Waals surface area contributed by atoms with Gasteiger partial charge in [-0.3, -0.25) is 9.48 Å². The maximum absolute atomic E-state index is 11.7. The second kappa shape index (κ2) is 5.36. The molecule has 104 valence electrons. The molecule has 1 aliphatic rings. The van der Waals surface area contributed by atoms with Gasteiger partial charge in [-0.25, -0.2) is 0 Å². The van der Waals surface area contributed by atoms with Crippen molar-refractivity contribution in [3.05, 3.63) is 41.6 Å². The molecule has 0 radical (unpaired) electrons. The summed E-state index contributed by atoms with van der Waals surface area (Å²) in [6.07, 6.45) is 5.23. The molecule has 0 saturated heterocycles. The topological polar surface area (TPSA) is 56.2 Å². The summed E-state index contributed by atoms with van der Waals surface area (Å²) in [7, 11) is 1.80. The van der Waals surface area contributed by atoms with Crippen LogP contribution in [0.2, 0.25) is 0 Å². The van der Waals surface area contributed by atoms with Crippen LogP contribution in [0, 0.1) is 0 Å². The number of ether oxygens (including phenoxy) is 1. The summed E-state index contributed by atoms with van der Waals surface area (Å²) >= 11 is 0. The zero-order valence-electron chi connectivity index (χ0n) is 11.4. The van der Waals surface area contributed by atoms with Crippen LogP contribution in [0.5, 0.6) is 5.75 Å². The minimum Gasteiger partial charge on any atom is -0.484 e. The lowest BCUT2D eigenvalue weighted by molar-refractivity contribution is -0.118. The van der Waals surface area contributed by atoms with Crippen molar-refractivity contribution in [2.24, 2.45) is 7.05 Å². The Morgan fingerprint density at radius 2 is 2.20 bits per heavy atom. The van der Waals surface area contributed by atoms with E-state index in [1.54, 1.807) is 24.0 Å². The van der Waals surface area contributed by atoms with Crippen LogP contribution in [0.3, 0.4) is 0 Å². The molecule has 1 aromatic heterocycles. The van der Waals surface area contributed by atoms with Crippen LogP contribution in [0.4, 0.5) is 5.82 Å². The average Bonchev–Trinajstić information content (AvgIpc) is 3.04. The fraction of sp³-hybridized carbons (Fsp3) is 0.333. The number of hydrogen-bond donors (Lipinski definition) is 1. The van der Waals surface area contributed by atoms with E-state index in [1.165, 1.54) is 17.5 Å². The number of nitrogens with one attached hydrogen (secondary N) is 1. The number of hydrogen-bond acceptors (Lipinski definition) is 3. The number of carbonyl (C=O) groups excluding carboxylic acids is 1. The number of benzene rings is 1. The second-order valence-corrected chi connectivity index (χ2v) is 5.00. The van der Waals surface area contributed by atoms with E-state index in [0.717, 1.165) is 18.6 Å². The molecule has 20 heavy (non-hydrogen) atoms. The van der Waals surface area contributed by atoms with Gasteiger partial charge in [-0.2, -0.15) is 5.10 Å². The Labute approximate surface area is 117 Å². The van der Waals surface area contributed by atoms with Crippen molar-refractivity contribution in [3.63, 3.8) is 0 Å². The van der Waals surface area contributed by atoms with Crippen LogP contribution in [-0.4, -0.2) is 22.3 Å². The monoisotopic (exact) mass is 271 g/mol. The maximum Gasteiger partial charge on any atom is 0.263 e. The van der Waals surface area contributed by atoms with E-state index in [1.807, 2.05) is 12.1 Å². The second-order valence-electron chi connectivity index (χ2n) is 5.00. The van der Waals surface area contributed by atoms with Crippen molar-refractivity contribution in [2.75, 3.05) is 11.9 Å². The molecule has 0 saturated carbocycles. The number of amides is 1. The van der Waals surface area contributed by atoms with Crippen molar-refractivity contribution in [1.82, 2.24) is 9.78 Å². The molecule has 2 aromatic rings. The van der Waals surface area contributed by atoms with Crippen LogP contribution in [0.1, 0.15) is 17.5 Å². The first-order chi connectivity index (χ1) is 9.70. The fourth-order valence-corrected chi connectivity index (χ4v) is 2.45. The molecule has 3 rings (SSSR count). The van der Waals surface area contributed by atoms with Gasteiger partial charge < -0.3 is 10.1 Å². The van der Waals surface area contributed by atoms with E-state index >= 15 is 0 Å². The molecular weight excluding hydrogens is 254 g/mol. The lowest BCUT2D eigenvalue weighted by atomic mass is 10.1. The zero-order valence-corrected chi connectivity index (χ0v) is 11.4. The van der Waals surface area contributed by atoms with Crippen molar-refractivity contribution >= 4 is 11.7 Å². The van der Waals surface area contributed by atoms with Gasteiger partial charge in [0.1, 0.15) is 5.75 Å². The number of rotatable bonds is 4. The van der Waals surface area contributed by atoms with Crippen LogP contribution in [0.15, 0.2) is 30.5 Å². The average molecular weight is 271 g/mol. The minimum atomic E-state index is -0.204. The first kappa shape index (κ1) is 12.7. The fourth-order valence-electron chi connectivity index (χ4n) is 2.45. The highest BCUT2D eigenvalue weighted by molar-refractivity contribution is 5.90. The molecule has 1 amide bonds. The third-order valence-electron chi connectivity index (χ3n) is 3.42. The largest absolute Gasteiger partial charge is 0.484 e. The van der Waals surface area contributed by atoms with Crippen molar-refractivity contribution < 1.29 is 9.53 Å². The molecule has 5 nitrogen and oxygen atoms in total. The van der Waals surface area contributed by atoms with Crippen molar-refractivity contribution in [2.45, 2.75) is 19.3 Å². The molecule has 1 aliphatic carbocycles. The Kier molecular flexibility index (Phi) is 3.41. The molecule has 0 atom stereocenters. The highest BCUT2D eigenvalue weighted by atomic mass is 16.5. The van der Waals surface area contributed by atoms with E-state index in [-0.39, 0.29) is 12.5 Å². The van der Waals surface area contributed by atoms with E-state index < -0.39 is 0 Å². The van der Waals surface area contributed by atoms with Crippen molar-refractivity contribution in [1.29, 1.82) is 0 Å². The Balaban J connectivity index is 1.55. The molecule has 1 aromatic carbocycles. The van der Waals surface area contributed by atoms with Crippen LogP contribution in [0.25, 0.3) is 0 Å². The van der Waals surface area contributed by atoms with E-state index in [2.05, 4.69) is 16.5 Å². The number of anilines is 1. The van der Waals surface area contributed by atoms with Gasteiger partial charge in [-0.15, -0.1) is 0 Å². The highest BCUT2D eigenvalue weighted by Gasteiger charge is 2.12. The lowest BCUT2D eigenvalue weighted by Crippen LogP contribution is -2.20. The number of carbonyl (C=O) groups is 1. The molecule has 5 heteroatoms. The summed E-state index contributed by atoms with van der Waals surface area (Å²) in [4.78, 5) is 11.7. The quantitative estimate of drug-likeness (QED) is 0.924. The highest BCUT2D eigenvalue weighted by Crippen LogP contribution is 2.25. The first-order valence-corrected chi connectivity index (χ1v) is 6.75.